The smallest absolute Gasteiger partial charge is 0.178 e. The van der Waals surface area contributed by atoms with E-state index in [2.05, 4.69) is 53.0 Å². The lowest BCUT2D eigenvalue weighted by Crippen LogP contribution is -2.65. The molecule has 4 heteroatoms. The summed E-state index contributed by atoms with van der Waals surface area (Å²) in [7, 11) is 0. The van der Waals surface area contributed by atoms with Crippen molar-refractivity contribution in [2.45, 2.75) is 92.9 Å². The Bertz CT molecular complexity index is 1230. The largest absolute Gasteiger partial charge is 0.299 e. The molecule has 0 aromatic carbocycles. The lowest BCUT2D eigenvalue weighted by molar-refractivity contribution is -0.188. The highest BCUT2D eigenvalue weighted by Gasteiger charge is 2.68. The van der Waals surface area contributed by atoms with E-state index in [9.17, 15) is 14.9 Å². The van der Waals surface area contributed by atoms with Gasteiger partial charge in [0.1, 0.15) is 11.9 Å². The molecule has 0 amide bonds. The molecule has 0 N–H and O–H groups in total. The van der Waals surface area contributed by atoms with Crippen molar-refractivity contribution in [3.8, 4) is 6.07 Å². The number of hydrogen-bond acceptors (Lipinski definition) is 4. The third-order valence-electron chi connectivity index (χ3n) is 12.9. The van der Waals surface area contributed by atoms with Crippen LogP contribution in [0.5, 0.6) is 0 Å². The minimum Gasteiger partial charge on any atom is -0.299 e. The summed E-state index contributed by atoms with van der Waals surface area (Å²) < 4.78 is 0. The van der Waals surface area contributed by atoms with E-state index >= 15 is 0 Å². The predicted octanol–water partition coefficient (Wildman–Crippen LogP) is 8.88. The zero-order chi connectivity index (χ0) is 29.3. The highest BCUT2D eigenvalue weighted by atomic mass is 32.2. The minimum atomic E-state index is -0.579. The Morgan fingerprint density at radius 2 is 1.75 bits per heavy atom. The molecule has 4 fully saturated rings. The fourth-order valence-electron chi connectivity index (χ4n) is 10.8. The van der Waals surface area contributed by atoms with Gasteiger partial charge in [0.2, 0.25) is 0 Å². The first-order valence-corrected chi connectivity index (χ1v) is 16.5. The lowest BCUT2D eigenvalue weighted by atomic mass is 9.35. The van der Waals surface area contributed by atoms with Crippen molar-refractivity contribution in [1.82, 2.24) is 0 Å². The van der Waals surface area contributed by atoms with Crippen molar-refractivity contribution in [3.05, 3.63) is 47.9 Å². The highest BCUT2D eigenvalue weighted by molar-refractivity contribution is 8.03. The van der Waals surface area contributed by atoms with Gasteiger partial charge in [-0.15, -0.1) is 11.8 Å². The number of thioether (sulfide) groups is 1. The summed E-state index contributed by atoms with van der Waals surface area (Å²) in [6.45, 7) is 21.5. The summed E-state index contributed by atoms with van der Waals surface area (Å²) in [5.74, 6) is 2.70. The normalized spacial score (nSPS) is 43.7. The quantitative estimate of drug-likeness (QED) is 0.316. The van der Waals surface area contributed by atoms with Crippen LogP contribution >= 0.6 is 11.8 Å². The standard InChI is InChI=1S/C36H49NO2S/c1-9-11-24(10-2)40-22-36-15-12-25-30(26(36)20-32(3,4)16-17-36)27(38)18-29-34(25,7)14-13-28-33(5,6)31(39)23(21-37)19-35(28,29)8/h9-11,19,25-26,28-30H,1-2,12-18,20,22H2,3-8H3/b24-11+. The number of rotatable bonds is 5. The monoisotopic (exact) mass is 559 g/mol. The zero-order valence-electron chi connectivity index (χ0n) is 25.6. The predicted molar refractivity (Wildman–Crippen MR) is 165 cm³/mol. The van der Waals surface area contributed by atoms with Gasteiger partial charge in [-0.3, -0.25) is 9.59 Å². The van der Waals surface area contributed by atoms with Gasteiger partial charge in [-0.05, 0) is 96.4 Å². The van der Waals surface area contributed by atoms with Gasteiger partial charge in [-0.2, -0.15) is 5.26 Å². The molecule has 5 aliphatic rings. The van der Waals surface area contributed by atoms with E-state index in [4.69, 9.17) is 0 Å². The number of hydrogen-bond donors (Lipinski definition) is 0. The second-order valence-electron chi connectivity index (χ2n) is 15.7. The number of nitriles is 1. The molecule has 0 spiro atoms. The van der Waals surface area contributed by atoms with Crippen molar-refractivity contribution in [1.29, 1.82) is 5.26 Å². The maximum Gasteiger partial charge on any atom is 0.178 e. The van der Waals surface area contributed by atoms with Crippen LogP contribution in [0.15, 0.2) is 47.9 Å². The molecule has 5 rings (SSSR count). The maximum atomic E-state index is 14.5. The zero-order valence-corrected chi connectivity index (χ0v) is 26.5. The Balaban J connectivity index is 1.54. The molecule has 40 heavy (non-hydrogen) atoms. The molecule has 3 nitrogen and oxygen atoms in total. The van der Waals surface area contributed by atoms with Crippen molar-refractivity contribution in [3.63, 3.8) is 0 Å². The summed E-state index contributed by atoms with van der Waals surface area (Å²) in [4.78, 5) is 28.9. The maximum absolute atomic E-state index is 14.5. The molecule has 0 aromatic rings. The average molecular weight is 560 g/mol. The van der Waals surface area contributed by atoms with Gasteiger partial charge in [-0.25, -0.2) is 0 Å². The van der Waals surface area contributed by atoms with E-state index in [0.717, 1.165) is 36.3 Å². The van der Waals surface area contributed by atoms with Gasteiger partial charge < -0.3 is 0 Å². The van der Waals surface area contributed by atoms with E-state index in [1.54, 1.807) is 0 Å². The Labute approximate surface area is 247 Å². The van der Waals surface area contributed by atoms with Crippen LogP contribution < -0.4 is 0 Å². The number of ketones is 2. The lowest BCUT2D eigenvalue weighted by Gasteiger charge is -2.68. The number of carbonyl (C=O) groups is 2. The summed E-state index contributed by atoms with van der Waals surface area (Å²) in [6.07, 6.45) is 16.3. The number of fused-ring (bicyclic) bond motifs is 7. The van der Waals surface area contributed by atoms with Gasteiger partial charge >= 0.3 is 0 Å². The van der Waals surface area contributed by atoms with Crippen LogP contribution in [0.25, 0.3) is 0 Å². The van der Waals surface area contributed by atoms with Crippen LogP contribution in [-0.2, 0) is 9.59 Å². The van der Waals surface area contributed by atoms with Gasteiger partial charge in [-0.1, -0.05) is 72.9 Å². The van der Waals surface area contributed by atoms with Gasteiger partial charge in [0.25, 0.3) is 0 Å². The molecule has 5 aliphatic carbocycles. The summed E-state index contributed by atoms with van der Waals surface area (Å²) in [5, 5.41) is 9.92. The first-order valence-electron chi connectivity index (χ1n) is 15.5. The second kappa shape index (κ2) is 9.86. The first kappa shape index (κ1) is 29.6. The summed E-state index contributed by atoms with van der Waals surface area (Å²) in [5.41, 5.74) is -0.129. The number of Topliss-reactive ketones (excluding diaryl/α,β-unsaturated/α-hetero) is 2. The summed E-state index contributed by atoms with van der Waals surface area (Å²) in [6, 6.07) is 2.24. The van der Waals surface area contributed by atoms with Crippen LogP contribution in [0, 0.1) is 68.0 Å². The molecular formula is C36H49NO2S. The fraction of sp³-hybridized carbons (Fsp3) is 0.694. The van der Waals surface area contributed by atoms with E-state index in [1.165, 1.54) is 19.3 Å². The van der Waals surface area contributed by atoms with E-state index < -0.39 is 5.41 Å². The van der Waals surface area contributed by atoms with Crippen molar-refractivity contribution >= 4 is 23.3 Å². The molecule has 216 valence electrons. The third kappa shape index (κ3) is 4.28. The molecule has 4 saturated carbocycles. The number of allylic oxidation sites excluding steroid dienone is 5. The van der Waals surface area contributed by atoms with Crippen molar-refractivity contribution < 1.29 is 9.59 Å². The van der Waals surface area contributed by atoms with Crippen LogP contribution in [0.1, 0.15) is 92.9 Å². The molecule has 8 unspecified atom stereocenters. The van der Waals surface area contributed by atoms with E-state index in [-0.39, 0.29) is 45.2 Å². The SMILES string of the molecule is C=C/C=C(\C=C)SCC12CCC3C(C(=O)CC4C5(C)C=C(C#N)C(=O)C(C)(C)C5CCC34C)C1CC(C)(C)CC2. The fourth-order valence-corrected chi connectivity index (χ4v) is 12.1. The highest BCUT2D eigenvalue weighted by Crippen LogP contribution is 2.72. The number of carbonyl (C=O) groups excluding carboxylic acids is 2. The Hall–Kier alpha value is -1.86. The van der Waals surface area contributed by atoms with Crippen LogP contribution in [0.4, 0.5) is 0 Å². The molecule has 0 aliphatic heterocycles. The molecule has 0 heterocycles. The van der Waals surface area contributed by atoms with Gasteiger partial charge in [0, 0.05) is 28.4 Å². The number of nitrogens with zero attached hydrogens (tertiary/aromatic N) is 1. The topological polar surface area (TPSA) is 57.9 Å². The van der Waals surface area contributed by atoms with Crippen molar-refractivity contribution in [2.24, 2.45) is 56.7 Å². The second-order valence-corrected chi connectivity index (χ2v) is 16.8. The molecule has 0 saturated heterocycles. The summed E-state index contributed by atoms with van der Waals surface area (Å²) >= 11 is 1.90. The Kier molecular flexibility index (Phi) is 7.30. The average Bonchev–Trinajstić information content (AvgIpc) is 2.89. The van der Waals surface area contributed by atoms with Crippen LogP contribution in [0.3, 0.4) is 0 Å². The molecule has 0 aromatic heterocycles. The van der Waals surface area contributed by atoms with E-state index in [0.29, 0.717) is 29.6 Å². The minimum absolute atomic E-state index is 0.0186. The molecular weight excluding hydrogens is 510 g/mol. The molecule has 8 atom stereocenters. The van der Waals surface area contributed by atoms with Gasteiger partial charge in [0.05, 0.1) is 5.57 Å². The first-order chi connectivity index (χ1) is 18.7. The Morgan fingerprint density at radius 3 is 2.40 bits per heavy atom. The van der Waals surface area contributed by atoms with Gasteiger partial charge in [0.15, 0.2) is 5.78 Å². The van der Waals surface area contributed by atoms with Crippen LogP contribution in [-0.4, -0.2) is 17.3 Å². The van der Waals surface area contributed by atoms with E-state index in [1.807, 2.05) is 43.8 Å². The van der Waals surface area contributed by atoms with Crippen LogP contribution in [0.2, 0.25) is 0 Å². The third-order valence-corrected chi connectivity index (χ3v) is 14.2. The Morgan fingerprint density at radius 1 is 1.02 bits per heavy atom. The molecule has 0 radical (unpaired) electrons. The van der Waals surface area contributed by atoms with Crippen molar-refractivity contribution in [2.75, 3.05) is 5.75 Å². The molecule has 0 bridgehead atoms.